The van der Waals surface area contributed by atoms with Crippen molar-refractivity contribution in [3.8, 4) is 5.75 Å². The summed E-state index contributed by atoms with van der Waals surface area (Å²) < 4.78 is 31.7. The molecule has 2 aliphatic rings. The van der Waals surface area contributed by atoms with Gasteiger partial charge >= 0.3 is 0 Å². The Morgan fingerprint density at radius 2 is 1.84 bits per heavy atom. The number of pyridine rings is 1. The number of furan rings is 1. The highest BCUT2D eigenvalue weighted by Crippen LogP contribution is 2.46. The Balaban J connectivity index is 1.42. The molecule has 1 aromatic carbocycles. The van der Waals surface area contributed by atoms with Gasteiger partial charge in [0.05, 0.1) is 17.1 Å². The highest BCUT2D eigenvalue weighted by Gasteiger charge is 2.49. The molecule has 3 heterocycles. The molecule has 7 nitrogen and oxygen atoms in total. The van der Waals surface area contributed by atoms with Gasteiger partial charge in [-0.2, -0.15) is 0 Å². The fourth-order valence-electron chi connectivity index (χ4n) is 5.69. The minimum Gasteiger partial charge on any atom is -0.491 e. The zero-order chi connectivity index (χ0) is 27.6. The number of aromatic nitrogens is 1. The Kier molecular flexibility index (Phi) is 6.62. The van der Waals surface area contributed by atoms with Crippen molar-refractivity contribution in [2.45, 2.75) is 91.1 Å². The third-order valence-corrected chi connectivity index (χ3v) is 8.24. The number of benzene rings is 1. The van der Waals surface area contributed by atoms with Crippen molar-refractivity contribution >= 4 is 25.8 Å². The van der Waals surface area contributed by atoms with Gasteiger partial charge in [-0.05, 0) is 76.0 Å². The Hall–Kier alpha value is -2.52. The zero-order valence-corrected chi connectivity index (χ0v) is 25.0. The summed E-state index contributed by atoms with van der Waals surface area (Å²) in [5.74, 6) is 0.544. The van der Waals surface area contributed by atoms with Crippen LogP contribution in [0.25, 0.3) is 11.0 Å². The van der Waals surface area contributed by atoms with Gasteiger partial charge in [-0.3, -0.25) is 9.78 Å². The van der Waals surface area contributed by atoms with Crippen LogP contribution in [0.2, 0.25) is 13.1 Å². The highest BCUT2D eigenvalue weighted by molar-refractivity contribution is 6.48. The van der Waals surface area contributed by atoms with Crippen LogP contribution >= 0.6 is 0 Å². The van der Waals surface area contributed by atoms with E-state index in [-0.39, 0.29) is 29.5 Å². The standard InChI is InChI=1S/C30H39NO6Si/c1-28(2,3)27(37-38(8)9)25-22(35-30(6,7)36-25)16-33-17-10-11-18-20(14-17)29(4,5)26-23(24(18)32)19-15-31-13-12-21(19)34-26/h10-15,22,25,27,38H,16H2,1-9H3/t22-,25-,27?/m1/s1. The summed E-state index contributed by atoms with van der Waals surface area (Å²) in [5.41, 5.74) is 2.15. The predicted molar refractivity (Wildman–Crippen MR) is 149 cm³/mol. The number of hydrogen-bond donors (Lipinski definition) is 0. The predicted octanol–water partition coefficient (Wildman–Crippen LogP) is 6.01. The number of fused-ring (bicyclic) bond motifs is 4. The normalized spacial score (nSPS) is 22.9. The van der Waals surface area contributed by atoms with Crippen molar-refractivity contribution in [3.05, 3.63) is 59.1 Å². The van der Waals surface area contributed by atoms with Gasteiger partial charge in [-0.25, -0.2) is 0 Å². The molecule has 204 valence electrons. The smallest absolute Gasteiger partial charge is 0.197 e. The van der Waals surface area contributed by atoms with Crippen molar-refractivity contribution in [1.29, 1.82) is 0 Å². The van der Waals surface area contributed by atoms with E-state index in [0.717, 1.165) is 10.9 Å². The van der Waals surface area contributed by atoms with Crippen molar-refractivity contribution in [2.24, 2.45) is 5.41 Å². The average molecular weight is 538 g/mol. The van der Waals surface area contributed by atoms with Crippen LogP contribution in [-0.4, -0.2) is 50.5 Å². The third kappa shape index (κ3) is 4.72. The number of nitrogens with zero attached hydrogens (tertiary/aromatic N) is 1. The Morgan fingerprint density at radius 1 is 1.11 bits per heavy atom. The van der Waals surface area contributed by atoms with Gasteiger partial charge in [0.2, 0.25) is 0 Å². The number of rotatable bonds is 6. The first-order valence-electron chi connectivity index (χ1n) is 13.4. The first kappa shape index (κ1) is 27.1. The molecule has 1 aliphatic carbocycles. The summed E-state index contributed by atoms with van der Waals surface area (Å²) in [5, 5.41) is 0.749. The molecule has 3 atom stereocenters. The lowest BCUT2D eigenvalue weighted by molar-refractivity contribution is -0.160. The summed E-state index contributed by atoms with van der Waals surface area (Å²) in [6, 6.07) is 7.46. The van der Waals surface area contributed by atoms with Gasteiger partial charge in [-0.1, -0.05) is 20.8 Å². The number of carbonyl (C=O) groups excluding carboxylic acids is 1. The molecule has 0 radical (unpaired) electrons. The van der Waals surface area contributed by atoms with Gasteiger partial charge in [0.15, 0.2) is 20.6 Å². The van der Waals surface area contributed by atoms with E-state index in [1.54, 1.807) is 18.5 Å². The number of carbonyl (C=O) groups is 1. The SMILES string of the molecule is C[SiH](C)OC([C@@H]1OC(C)(C)O[C@@H]1COc1ccc2c(c1)C(C)(C)c1oc3ccncc3c1C2=O)C(C)(C)C. The van der Waals surface area contributed by atoms with E-state index in [1.165, 1.54) is 0 Å². The van der Waals surface area contributed by atoms with Crippen LogP contribution in [0.15, 0.2) is 41.1 Å². The second kappa shape index (κ2) is 9.29. The van der Waals surface area contributed by atoms with Crippen molar-refractivity contribution < 1.29 is 27.8 Å². The molecule has 2 aromatic heterocycles. The van der Waals surface area contributed by atoms with E-state index < -0.39 is 20.2 Å². The number of hydrogen-bond acceptors (Lipinski definition) is 7. The van der Waals surface area contributed by atoms with Gasteiger partial charge in [0.1, 0.15) is 35.9 Å². The molecule has 38 heavy (non-hydrogen) atoms. The van der Waals surface area contributed by atoms with Gasteiger partial charge < -0.3 is 23.1 Å². The maximum atomic E-state index is 13.5. The summed E-state index contributed by atoms with van der Waals surface area (Å²) in [6.45, 7) is 19.2. The molecule has 1 unspecified atom stereocenters. The number of ether oxygens (including phenoxy) is 3. The molecule has 1 aliphatic heterocycles. The maximum Gasteiger partial charge on any atom is 0.197 e. The number of ketones is 1. The molecule has 8 heteroatoms. The van der Waals surface area contributed by atoms with Gasteiger partial charge in [-0.15, -0.1) is 0 Å². The Bertz CT molecular complexity index is 1370. The lowest BCUT2D eigenvalue weighted by Crippen LogP contribution is -2.48. The van der Waals surface area contributed by atoms with E-state index in [1.807, 2.05) is 32.0 Å². The van der Waals surface area contributed by atoms with Crippen LogP contribution in [0.3, 0.4) is 0 Å². The zero-order valence-electron chi connectivity index (χ0n) is 23.9. The Labute approximate surface area is 226 Å². The molecule has 0 bridgehead atoms. The van der Waals surface area contributed by atoms with Crippen LogP contribution in [0.5, 0.6) is 5.75 Å². The molecule has 0 N–H and O–H groups in total. The van der Waals surface area contributed by atoms with Crippen LogP contribution in [0, 0.1) is 5.41 Å². The quantitative estimate of drug-likeness (QED) is 0.356. The van der Waals surface area contributed by atoms with Crippen molar-refractivity contribution in [2.75, 3.05) is 6.61 Å². The largest absolute Gasteiger partial charge is 0.491 e. The fourth-order valence-corrected chi connectivity index (χ4v) is 6.84. The third-order valence-electron chi connectivity index (χ3n) is 7.40. The lowest BCUT2D eigenvalue weighted by Gasteiger charge is -2.38. The monoisotopic (exact) mass is 537 g/mol. The van der Waals surface area contributed by atoms with Crippen LogP contribution in [0.1, 0.15) is 75.7 Å². The van der Waals surface area contributed by atoms with E-state index >= 15 is 0 Å². The molecule has 0 saturated carbocycles. The van der Waals surface area contributed by atoms with E-state index in [2.05, 4.69) is 52.7 Å². The van der Waals surface area contributed by atoms with Crippen molar-refractivity contribution in [3.63, 3.8) is 0 Å². The van der Waals surface area contributed by atoms with E-state index in [0.29, 0.717) is 34.8 Å². The summed E-state index contributed by atoms with van der Waals surface area (Å²) in [7, 11) is -1.33. The topological polar surface area (TPSA) is 80.0 Å². The first-order valence-corrected chi connectivity index (χ1v) is 16.2. The average Bonchev–Trinajstić information content (AvgIpc) is 3.37. The van der Waals surface area contributed by atoms with Crippen molar-refractivity contribution in [1.82, 2.24) is 4.98 Å². The van der Waals surface area contributed by atoms with Gasteiger partial charge in [0.25, 0.3) is 0 Å². The second-order valence-electron chi connectivity index (χ2n) is 12.8. The molecular formula is C30H39NO6Si. The molecule has 3 aromatic rings. The summed E-state index contributed by atoms with van der Waals surface area (Å²) in [6.07, 6.45) is 2.69. The lowest BCUT2D eigenvalue weighted by atomic mass is 9.72. The minimum atomic E-state index is -1.33. The van der Waals surface area contributed by atoms with E-state index in [9.17, 15) is 4.79 Å². The maximum absolute atomic E-state index is 13.5. The molecule has 0 amide bonds. The summed E-state index contributed by atoms with van der Waals surface area (Å²) in [4.78, 5) is 17.8. The first-order chi connectivity index (χ1) is 17.7. The Morgan fingerprint density at radius 3 is 2.53 bits per heavy atom. The van der Waals surface area contributed by atoms with Gasteiger partial charge in [0, 0.05) is 23.4 Å². The molecule has 5 rings (SSSR count). The molecule has 1 saturated heterocycles. The van der Waals surface area contributed by atoms with E-state index in [4.69, 9.17) is 23.1 Å². The molecule has 0 spiro atoms. The fraction of sp³-hybridized carbons (Fsp3) is 0.533. The molecular weight excluding hydrogens is 498 g/mol. The molecule has 1 fully saturated rings. The van der Waals surface area contributed by atoms with Crippen LogP contribution in [0.4, 0.5) is 0 Å². The van der Waals surface area contributed by atoms with Crippen LogP contribution in [-0.2, 0) is 19.3 Å². The highest BCUT2D eigenvalue weighted by atomic mass is 28.3. The minimum absolute atomic E-state index is 0.0509. The van der Waals surface area contributed by atoms with Crippen LogP contribution < -0.4 is 4.74 Å². The summed E-state index contributed by atoms with van der Waals surface area (Å²) >= 11 is 0. The second-order valence-corrected chi connectivity index (χ2v) is 15.1.